The number of ether oxygens (including phenoxy) is 2. The Morgan fingerprint density at radius 3 is 2.28 bits per heavy atom. The number of hydrogen-bond acceptors (Lipinski definition) is 9. The van der Waals surface area contributed by atoms with Gasteiger partial charge in [0.15, 0.2) is 5.82 Å². The Balaban J connectivity index is 2.00. The first-order chi connectivity index (χ1) is 15.1. The van der Waals surface area contributed by atoms with E-state index in [1.807, 2.05) is 0 Å². The van der Waals surface area contributed by atoms with Crippen LogP contribution >= 0.6 is 11.6 Å². The van der Waals surface area contributed by atoms with Crippen LogP contribution in [0.3, 0.4) is 0 Å². The van der Waals surface area contributed by atoms with Crippen LogP contribution in [0.4, 0.5) is 42.0 Å². The summed E-state index contributed by atoms with van der Waals surface area (Å²) in [6.07, 6.45) is -3.09. The summed E-state index contributed by atoms with van der Waals surface area (Å²) in [6.45, 7) is 0. The molecule has 0 unspecified atom stereocenters. The zero-order valence-electron chi connectivity index (χ0n) is 16.4. The first kappa shape index (κ1) is 22.8. The van der Waals surface area contributed by atoms with Crippen LogP contribution in [0.1, 0.15) is 5.56 Å². The Labute approximate surface area is 183 Å². The second-order valence-corrected chi connectivity index (χ2v) is 6.45. The maximum atomic E-state index is 12.8. The Bertz CT molecular complexity index is 1160. The number of rotatable bonds is 7. The number of pyridine rings is 1. The monoisotopic (exact) mass is 470 g/mol. The van der Waals surface area contributed by atoms with E-state index < -0.39 is 27.4 Å². The molecular weight excluding hydrogens is 457 g/mol. The molecule has 14 heteroatoms. The normalized spacial score (nSPS) is 11.1. The lowest BCUT2D eigenvalue weighted by Gasteiger charge is -2.14. The van der Waals surface area contributed by atoms with Gasteiger partial charge in [0.2, 0.25) is 11.6 Å². The van der Waals surface area contributed by atoms with Gasteiger partial charge in [-0.3, -0.25) is 10.1 Å². The molecule has 0 aliphatic heterocycles. The number of benzene rings is 1. The lowest BCUT2D eigenvalue weighted by atomic mass is 10.2. The van der Waals surface area contributed by atoms with Gasteiger partial charge in [-0.25, -0.2) is 15.0 Å². The zero-order chi connectivity index (χ0) is 23.5. The second kappa shape index (κ2) is 9.09. The Morgan fingerprint density at radius 2 is 1.72 bits per heavy atom. The van der Waals surface area contributed by atoms with Crippen LogP contribution in [0.2, 0.25) is 5.02 Å². The summed E-state index contributed by atoms with van der Waals surface area (Å²) in [5.74, 6) is -0.0262. The highest BCUT2D eigenvalue weighted by Crippen LogP contribution is 2.38. The highest BCUT2D eigenvalue weighted by molar-refractivity contribution is 6.33. The molecule has 32 heavy (non-hydrogen) atoms. The summed E-state index contributed by atoms with van der Waals surface area (Å²) in [7, 11) is 2.86. The highest BCUT2D eigenvalue weighted by Gasteiger charge is 2.32. The number of aromatic nitrogens is 3. The molecule has 0 fully saturated rings. The first-order valence-corrected chi connectivity index (χ1v) is 9.00. The quantitative estimate of drug-likeness (QED) is 0.364. The zero-order valence-corrected chi connectivity index (χ0v) is 17.2. The van der Waals surface area contributed by atoms with E-state index in [1.165, 1.54) is 20.3 Å². The van der Waals surface area contributed by atoms with E-state index >= 15 is 0 Å². The number of alkyl halides is 3. The minimum absolute atomic E-state index is 0.220. The van der Waals surface area contributed by atoms with E-state index in [0.29, 0.717) is 29.4 Å². The fourth-order valence-corrected chi connectivity index (χ4v) is 2.78. The van der Waals surface area contributed by atoms with Gasteiger partial charge >= 0.3 is 11.9 Å². The third-order valence-electron chi connectivity index (χ3n) is 4.07. The van der Waals surface area contributed by atoms with Gasteiger partial charge in [0.1, 0.15) is 17.8 Å². The smallest absolute Gasteiger partial charge is 0.417 e. The number of anilines is 4. The Kier molecular flexibility index (Phi) is 6.48. The molecule has 3 aromatic rings. The first-order valence-electron chi connectivity index (χ1n) is 8.62. The van der Waals surface area contributed by atoms with Crippen molar-refractivity contribution in [3.63, 3.8) is 0 Å². The molecule has 0 radical (unpaired) electrons. The number of nitrogens with zero attached hydrogens (tertiary/aromatic N) is 4. The number of nitrogens with one attached hydrogen (secondary N) is 2. The van der Waals surface area contributed by atoms with E-state index in [2.05, 4.69) is 25.6 Å². The van der Waals surface area contributed by atoms with Gasteiger partial charge in [0.05, 0.1) is 35.4 Å². The van der Waals surface area contributed by atoms with Crippen LogP contribution in [0.5, 0.6) is 11.5 Å². The van der Waals surface area contributed by atoms with Crippen LogP contribution < -0.4 is 20.1 Å². The van der Waals surface area contributed by atoms with E-state index in [-0.39, 0.29) is 17.5 Å². The van der Waals surface area contributed by atoms with Crippen molar-refractivity contribution in [3.8, 4) is 11.5 Å². The van der Waals surface area contributed by atoms with Gasteiger partial charge in [0, 0.05) is 12.3 Å². The average Bonchev–Trinajstić information content (AvgIpc) is 2.74. The molecule has 2 N–H and O–H groups in total. The fraction of sp³-hybridized carbons (Fsp3) is 0.167. The van der Waals surface area contributed by atoms with Crippen molar-refractivity contribution in [1.29, 1.82) is 0 Å². The van der Waals surface area contributed by atoms with Crippen molar-refractivity contribution in [3.05, 3.63) is 57.5 Å². The molecule has 1 aromatic carbocycles. The van der Waals surface area contributed by atoms with Gasteiger partial charge in [-0.1, -0.05) is 11.6 Å². The van der Waals surface area contributed by atoms with Crippen LogP contribution in [0.15, 0.2) is 36.8 Å². The molecule has 10 nitrogen and oxygen atoms in total. The van der Waals surface area contributed by atoms with Crippen LogP contribution in [-0.2, 0) is 6.18 Å². The number of hydrogen-bond donors (Lipinski definition) is 2. The van der Waals surface area contributed by atoms with Crippen molar-refractivity contribution in [2.45, 2.75) is 6.18 Å². The lowest BCUT2D eigenvalue weighted by molar-refractivity contribution is -0.383. The molecule has 0 amide bonds. The molecule has 0 aliphatic rings. The Hall–Kier alpha value is -3.87. The molecule has 0 bridgehead atoms. The van der Waals surface area contributed by atoms with E-state index in [0.717, 1.165) is 6.33 Å². The molecule has 0 atom stereocenters. The van der Waals surface area contributed by atoms with Crippen molar-refractivity contribution in [1.82, 2.24) is 15.0 Å². The summed E-state index contributed by atoms with van der Waals surface area (Å²) in [6, 6.07) is 5.39. The van der Waals surface area contributed by atoms with Gasteiger partial charge in [0.25, 0.3) is 0 Å². The van der Waals surface area contributed by atoms with Crippen molar-refractivity contribution in [2.75, 3.05) is 24.9 Å². The van der Waals surface area contributed by atoms with Crippen molar-refractivity contribution in [2.24, 2.45) is 0 Å². The lowest BCUT2D eigenvalue weighted by Crippen LogP contribution is -2.09. The minimum Gasteiger partial charge on any atom is -0.497 e. The number of nitro groups is 1. The predicted octanol–water partition coefficient (Wildman–Crippen LogP) is 4.96. The van der Waals surface area contributed by atoms with Crippen LogP contribution in [-0.4, -0.2) is 34.1 Å². The predicted molar refractivity (Wildman–Crippen MR) is 109 cm³/mol. The van der Waals surface area contributed by atoms with Crippen molar-refractivity contribution >= 4 is 40.4 Å². The molecule has 0 spiro atoms. The standard InChI is InChI=1S/C18H14ClF3N6O4/c1-31-10-3-4-13(32-2)12(6-10)26-16-14(28(29)30)17(25-8-24-16)27-15-11(19)5-9(7-23-15)18(20,21)22/h3-8H,1-2H3,(H2,23,24,25,26,27). The van der Waals surface area contributed by atoms with E-state index in [4.69, 9.17) is 21.1 Å². The number of halogens is 4. The maximum absolute atomic E-state index is 12.8. The molecule has 2 aromatic heterocycles. The topological polar surface area (TPSA) is 124 Å². The minimum atomic E-state index is -4.65. The largest absolute Gasteiger partial charge is 0.497 e. The highest BCUT2D eigenvalue weighted by atomic mass is 35.5. The third-order valence-corrected chi connectivity index (χ3v) is 4.36. The van der Waals surface area contributed by atoms with Gasteiger partial charge in [-0.2, -0.15) is 13.2 Å². The molecule has 0 saturated carbocycles. The Morgan fingerprint density at radius 1 is 1.03 bits per heavy atom. The van der Waals surface area contributed by atoms with Gasteiger partial charge < -0.3 is 20.1 Å². The van der Waals surface area contributed by atoms with E-state index in [1.54, 1.807) is 12.1 Å². The van der Waals surface area contributed by atoms with Crippen LogP contribution in [0.25, 0.3) is 0 Å². The summed E-state index contributed by atoms with van der Waals surface area (Å²) in [5.41, 5.74) is -1.36. The van der Waals surface area contributed by atoms with Gasteiger partial charge in [-0.05, 0) is 18.2 Å². The second-order valence-electron chi connectivity index (χ2n) is 6.04. The molecule has 0 saturated heterocycles. The third kappa shape index (κ3) is 4.88. The molecule has 3 rings (SSSR count). The molecular formula is C18H14ClF3N6O4. The van der Waals surface area contributed by atoms with Crippen molar-refractivity contribution < 1.29 is 27.6 Å². The van der Waals surface area contributed by atoms with E-state index in [9.17, 15) is 23.3 Å². The molecule has 168 valence electrons. The van der Waals surface area contributed by atoms with Gasteiger partial charge in [-0.15, -0.1) is 0 Å². The number of methoxy groups -OCH3 is 2. The summed E-state index contributed by atoms with van der Waals surface area (Å²) >= 11 is 5.88. The SMILES string of the molecule is COc1ccc(OC)c(Nc2ncnc(Nc3ncc(C(F)(F)F)cc3Cl)c2[N+](=O)[O-])c1. The summed E-state index contributed by atoms with van der Waals surface area (Å²) in [5, 5.41) is 16.6. The average molecular weight is 471 g/mol. The molecule has 2 heterocycles. The fourth-order valence-electron chi connectivity index (χ4n) is 2.57. The van der Waals surface area contributed by atoms with Crippen LogP contribution in [0, 0.1) is 10.1 Å². The molecule has 0 aliphatic carbocycles. The summed E-state index contributed by atoms with van der Waals surface area (Å²) < 4.78 is 48.8. The summed E-state index contributed by atoms with van der Waals surface area (Å²) in [4.78, 5) is 22.3. The maximum Gasteiger partial charge on any atom is 0.417 e.